The number of carboxylic acids is 2. The summed E-state index contributed by atoms with van der Waals surface area (Å²) >= 11 is 1.58. The third kappa shape index (κ3) is 15.2. The van der Waals surface area contributed by atoms with E-state index in [4.69, 9.17) is 21.7 Å². The molecule has 0 saturated carbocycles. The van der Waals surface area contributed by atoms with Crippen molar-refractivity contribution in [2.75, 3.05) is 17.6 Å². The van der Waals surface area contributed by atoms with Gasteiger partial charge in [0.2, 0.25) is 5.91 Å². The maximum atomic E-state index is 10.6. The first kappa shape index (κ1) is 24.9. The van der Waals surface area contributed by atoms with E-state index in [1.165, 1.54) is 0 Å². The van der Waals surface area contributed by atoms with Crippen LogP contribution in [0, 0.1) is 0 Å². The fourth-order valence-electron chi connectivity index (χ4n) is 1.53. The molecule has 0 saturated heterocycles. The number of carboxylic acid groups (broad SMARTS) is 2. The van der Waals surface area contributed by atoms with E-state index >= 15 is 0 Å². The maximum absolute atomic E-state index is 10.6. The van der Waals surface area contributed by atoms with Crippen LogP contribution in [0.1, 0.15) is 26.2 Å². The molecule has 7 N–H and O–H groups in total. The second kappa shape index (κ2) is 15.0. The van der Waals surface area contributed by atoms with Crippen LogP contribution in [-0.2, 0) is 14.4 Å². The van der Waals surface area contributed by atoms with Crippen molar-refractivity contribution in [3.63, 3.8) is 0 Å². The summed E-state index contributed by atoms with van der Waals surface area (Å²) in [5.74, 6) is -0.940. The van der Waals surface area contributed by atoms with Gasteiger partial charge in [0.15, 0.2) is 5.96 Å². The van der Waals surface area contributed by atoms with Crippen molar-refractivity contribution in [3.8, 4) is 0 Å². The van der Waals surface area contributed by atoms with Gasteiger partial charge in [-0.3, -0.25) is 9.79 Å². The zero-order chi connectivity index (χ0) is 21.4. The Hall–Kier alpha value is -3.08. The molecule has 0 atom stereocenters. The van der Waals surface area contributed by atoms with E-state index in [1.54, 1.807) is 11.8 Å². The maximum Gasteiger partial charge on any atom is 0.328 e. The van der Waals surface area contributed by atoms with Crippen LogP contribution in [0.2, 0.25) is 0 Å². The van der Waals surface area contributed by atoms with Gasteiger partial charge in [0, 0.05) is 25.1 Å². The highest BCUT2D eigenvalue weighted by Gasteiger charge is 2.01. The first-order valence-electron chi connectivity index (χ1n) is 8.33. The Labute approximate surface area is 167 Å². The number of guanidine groups is 1. The van der Waals surface area contributed by atoms with Gasteiger partial charge < -0.3 is 27.0 Å². The molecule has 1 heterocycles. The summed E-state index contributed by atoms with van der Waals surface area (Å²) in [6.45, 7) is 2.73. The summed E-state index contributed by atoms with van der Waals surface area (Å²) in [7, 11) is 0. The predicted octanol–water partition coefficient (Wildman–Crippen LogP) is 1.29. The molecular formula is C17H25N5O5S. The summed E-state index contributed by atoms with van der Waals surface area (Å²) in [4.78, 5) is 38.3. The Bertz CT molecular complexity index is 693. The molecule has 0 aliphatic carbocycles. The molecular weight excluding hydrogens is 386 g/mol. The minimum Gasteiger partial charge on any atom is -0.478 e. The van der Waals surface area contributed by atoms with E-state index in [-0.39, 0.29) is 5.91 Å². The van der Waals surface area contributed by atoms with Crippen LogP contribution in [0.25, 0.3) is 0 Å². The number of carbonyl (C=O) groups is 3. The predicted molar refractivity (Wildman–Crippen MR) is 108 cm³/mol. The van der Waals surface area contributed by atoms with E-state index in [1.807, 2.05) is 25.1 Å². The highest BCUT2D eigenvalue weighted by atomic mass is 32.2. The number of nitrogens with one attached hydrogen (secondary N) is 1. The number of aliphatic imine (C=N–C) groups is 1. The number of aromatic nitrogens is 1. The average molecular weight is 411 g/mol. The number of pyridine rings is 1. The number of carbonyl (C=O) groups excluding carboxylic acids is 1. The molecule has 154 valence electrons. The normalized spacial score (nSPS) is 10.8. The molecule has 10 nitrogen and oxygen atoms in total. The van der Waals surface area contributed by atoms with Crippen LogP contribution in [-0.4, -0.2) is 51.3 Å². The van der Waals surface area contributed by atoms with E-state index in [0.29, 0.717) is 36.9 Å². The largest absolute Gasteiger partial charge is 0.478 e. The van der Waals surface area contributed by atoms with Crippen LogP contribution >= 0.6 is 11.8 Å². The van der Waals surface area contributed by atoms with Gasteiger partial charge in [-0.15, -0.1) is 11.8 Å². The van der Waals surface area contributed by atoms with Crippen LogP contribution < -0.4 is 16.8 Å². The summed E-state index contributed by atoms with van der Waals surface area (Å²) in [6.07, 6.45) is 3.22. The number of amides is 1. The molecule has 0 spiro atoms. The molecule has 1 rings (SSSR count). The number of primary amides is 1. The number of hydrogen-bond acceptors (Lipinski definition) is 6. The third-order valence-electron chi connectivity index (χ3n) is 2.67. The highest BCUT2D eigenvalue weighted by Crippen LogP contribution is 2.18. The van der Waals surface area contributed by atoms with Gasteiger partial charge in [-0.25, -0.2) is 14.6 Å². The lowest BCUT2D eigenvalue weighted by Gasteiger charge is -2.06. The Morgan fingerprint density at radius 3 is 2.39 bits per heavy atom. The molecule has 1 aromatic rings. The van der Waals surface area contributed by atoms with E-state index in [9.17, 15) is 14.4 Å². The molecule has 0 aliphatic heterocycles. The molecule has 0 unspecified atom stereocenters. The number of nitrogens with two attached hydrogens (primary N) is 2. The van der Waals surface area contributed by atoms with Crippen molar-refractivity contribution in [2.24, 2.45) is 16.5 Å². The monoisotopic (exact) mass is 411 g/mol. The summed E-state index contributed by atoms with van der Waals surface area (Å²) in [5, 5.41) is 19.5. The second-order valence-corrected chi connectivity index (χ2v) is 6.30. The Morgan fingerprint density at radius 1 is 1.21 bits per heavy atom. The standard InChI is InChI=1S/C13H21N5OS.C4H4O4/c1-2-8-16-13(15)18-11-6-3-7-12(17-11)20-9-4-5-10(14)19;5-3(6)1-2-4(7)8/h3,6-7H,2,4-5,8-9H2,1H3,(H2,14,19)(H3,15,16,17,18);1-2H,(H,5,6)(H,7,8)/b;2-1-. The summed E-state index contributed by atoms with van der Waals surface area (Å²) < 4.78 is 0. The minimum absolute atomic E-state index is 0.270. The van der Waals surface area contributed by atoms with E-state index in [0.717, 1.165) is 23.6 Å². The molecule has 0 fully saturated rings. The third-order valence-corrected chi connectivity index (χ3v) is 3.69. The Morgan fingerprint density at radius 2 is 1.86 bits per heavy atom. The average Bonchev–Trinajstić information content (AvgIpc) is 2.62. The molecule has 1 aromatic heterocycles. The molecule has 1 amide bonds. The number of anilines is 1. The molecule has 11 heteroatoms. The fourth-order valence-corrected chi connectivity index (χ4v) is 2.37. The van der Waals surface area contributed by atoms with Crippen LogP contribution in [0.3, 0.4) is 0 Å². The van der Waals surface area contributed by atoms with Gasteiger partial charge >= 0.3 is 11.9 Å². The number of aliphatic carboxylic acids is 2. The van der Waals surface area contributed by atoms with Gasteiger partial charge in [-0.05, 0) is 30.7 Å². The van der Waals surface area contributed by atoms with Crippen molar-refractivity contribution in [1.29, 1.82) is 0 Å². The lowest BCUT2D eigenvalue weighted by molar-refractivity contribution is -0.134. The zero-order valence-electron chi connectivity index (χ0n) is 15.5. The van der Waals surface area contributed by atoms with Gasteiger partial charge in [0.1, 0.15) is 5.82 Å². The van der Waals surface area contributed by atoms with Crippen molar-refractivity contribution in [1.82, 2.24) is 4.98 Å². The van der Waals surface area contributed by atoms with Crippen LogP contribution in [0.4, 0.5) is 5.82 Å². The summed E-state index contributed by atoms with van der Waals surface area (Å²) in [6, 6.07) is 5.65. The highest BCUT2D eigenvalue weighted by molar-refractivity contribution is 7.99. The molecule has 28 heavy (non-hydrogen) atoms. The molecule has 0 aromatic carbocycles. The Balaban J connectivity index is 0.000000769. The fraction of sp³-hybridized carbons (Fsp3) is 0.353. The lowest BCUT2D eigenvalue weighted by Crippen LogP contribution is -2.23. The van der Waals surface area contributed by atoms with E-state index in [2.05, 4.69) is 15.3 Å². The molecule has 0 aliphatic rings. The zero-order valence-corrected chi connectivity index (χ0v) is 16.3. The lowest BCUT2D eigenvalue weighted by atomic mass is 10.3. The number of rotatable bonds is 10. The smallest absolute Gasteiger partial charge is 0.328 e. The first-order chi connectivity index (χ1) is 13.2. The van der Waals surface area contributed by atoms with Gasteiger partial charge in [0.25, 0.3) is 0 Å². The van der Waals surface area contributed by atoms with Crippen LogP contribution in [0.15, 0.2) is 40.4 Å². The van der Waals surface area contributed by atoms with Crippen molar-refractivity contribution in [3.05, 3.63) is 30.4 Å². The molecule has 0 radical (unpaired) electrons. The quantitative estimate of drug-likeness (QED) is 0.124. The first-order valence-corrected chi connectivity index (χ1v) is 9.32. The number of nitrogens with zero attached hydrogens (tertiary/aromatic N) is 2. The topological polar surface area (TPSA) is 181 Å². The number of hydrogen-bond donors (Lipinski definition) is 5. The van der Waals surface area contributed by atoms with Crippen LogP contribution in [0.5, 0.6) is 0 Å². The Kier molecular flexibility index (Phi) is 13.4. The SMILES string of the molecule is CCCN=C(N)Nc1cccc(SCCCC(N)=O)n1.O=C(O)/C=C\C(=O)O. The van der Waals surface area contributed by atoms with Crippen molar-refractivity contribution < 1.29 is 24.6 Å². The van der Waals surface area contributed by atoms with Gasteiger partial charge in [-0.1, -0.05) is 13.0 Å². The van der Waals surface area contributed by atoms with E-state index < -0.39 is 11.9 Å². The summed E-state index contributed by atoms with van der Waals surface area (Å²) in [5.41, 5.74) is 10.8. The molecule has 0 bridgehead atoms. The van der Waals surface area contributed by atoms with Gasteiger partial charge in [0.05, 0.1) is 5.03 Å². The van der Waals surface area contributed by atoms with Crippen molar-refractivity contribution in [2.45, 2.75) is 31.2 Å². The van der Waals surface area contributed by atoms with Crippen molar-refractivity contribution >= 4 is 41.4 Å². The second-order valence-electron chi connectivity index (χ2n) is 5.18. The number of thioether (sulfide) groups is 1. The van der Waals surface area contributed by atoms with Gasteiger partial charge in [-0.2, -0.15) is 0 Å². The minimum atomic E-state index is -1.26.